The third-order valence-electron chi connectivity index (χ3n) is 4.24. The van der Waals surface area contributed by atoms with Crippen molar-refractivity contribution < 1.29 is 4.79 Å². The molecule has 0 aromatic heterocycles. The Bertz CT molecular complexity index is 695. The molecule has 22 heavy (non-hydrogen) atoms. The molecule has 1 aliphatic rings. The number of carbonyl (C=O) groups excluding carboxylic acids is 1. The zero-order valence-electron chi connectivity index (χ0n) is 12.4. The molecule has 0 heterocycles. The first-order chi connectivity index (χ1) is 10.5. The summed E-state index contributed by atoms with van der Waals surface area (Å²) >= 11 is 12.1. The van der Waals surface area contributed by atoms with Crippen LogP contribution in [0.1, 0.15) is 24.0 Å². The molecule has 0 bridgehead atoms. The van der Waals surface area contributed by atoms with Crippen molar-refractivity contribution in [3.05, 3.63) is 69.7 Å². The Kier molecular flexibility index (Phi) is 4.16. The molecule has 2 aromatic rings. The van der Waals surface area contributed by atoms with Crippen LogP contribution in [-0.2, 0) is 16.8 Å². The number of carbonyl (C=O) groups is 1. The van der Waals surface area contributed by atoms with Crippen molar-refractivity contribution in [2.75, 3.05) is 7.05 Å². The molecule has 0 spiro atoms. The van der Waals surface area contributed by atoms with E-state index in [9.17, 15) is 4.79 Å². The molecule has 0 aliphatic heterocycles. The van der Waals surface area contributed by atoms with Crippen molar-refractivity contribution >= 4 is 29.1 Å². The third-order valence-corrected chi connectivity index (χ3v) is 4.98. The second-order valence-corrected chi connectivity index (χ2v) is 6.67. The van der Waals surface area contributed by atoms with Crippen LogP contribution in [0.4, 0.5) is 0 Å². The van der Waals surface area contributed by atoms with Crippen LogP contribution in [-0.4, -0.2) is 17.9 Å². The molecule has 0 radical (unpaired) electrons. The minimum absolute atomic E-state index is 0.148. The van der Waals surface area contributed by atoms with Gasteiger partial charge in [0.25, 0.3) is 0 Å². The lowest BCUT2D eigenvalue weighted by atomic mass is 9.94. The number of halogens is 2. The fraction of sp³-hybridized carbons (Fsp3) is 0.278. The van der Waals surface area contributed by atoms with Gasteiger partial charge in [-0.15, -0.1) is 0 Å². The maximum atomic E-state index is 12.9. The lowest BCUT2D eigenvalue weighted by molar-refractivity contribution is -0.133. The van der Waals surface area contributed by atoms with E-state index in [1.165, 1.54) is 0 Å². The SMILES string of the molecule is CN(Cc1ccccc1)C(=O)C1(c2ccc(Cl)c(Cl)c2)CC1. The van der Waals surface area contributed by atoms with Gasteiger partial charge >= 0.3 is 0 Å². The zero-order chi connectivity index (χ0) is 15.7. The number of hydrogen-bond donors (Lipinski definition) is 0. The maximum Gasteiger partial charge on any atom is 0.233 e. The Labute approximate surface area is 140 Å². The van der Waals surface area contributed by atoms with Crippen LogP contribution in [0.3, 0.4) is 0 Å². The van der Waals surface area contributed by atoms with E-state index < -0.39 is 5.41 Å². The zero-order valence-corrected chi connectivity index (χ0v) is 13.9. The molecule has 3 rings (SSSR count). The number of nitrogens with zero attached hydrogens (tertiary/aromatic N) is 1. The highest BCUT2D eigenvalue weighted by atomic mass is 35.5. The summed E-state index contributed by atoms with van der Waals surface area (Å²) in [6.45, 7) is 0.614. The van der Waals surface area contributed by atoms with Crippen molar-refractivity contribution in [3.63, 3.8) is 0 Å². The van der Waals surface area contributed by atoms with Crippen LogP contribution in [0.5, 0.6) is 0 Å². The van der Waals surface area contributed by atoms with E-state index in [-0.39, 0.29) is 5.91 Å². The molecule has 1 amide bonds. The van der Waals surface area contributed by atoms with Gasteiger partial charge in [0.05, 0.1) is 15.5 Å². The molecule has 2 nitrogen and oxygen atoms in total. The number of likely N-dealkylation sites (N-methyl/N-ethyl adjacent to an activating group) is 1. The molecule has 1 saturated carbocycles. The Balaban J connectivity index is 1.80. The first-order valence-electron chi connectivity index (χ1n) is 7.28. The largest absolute Gasteiger partial charge is 0.341 e. The molecule has 0 atom stereocenters. The van der Waals surface area contributed by atoms with Gasteiger partial charge in [0.1, 0.15) is 0 Å². The van der Waals surface area contributed by atoms with E-state index in [2.05, 4.69) is 0 Å². The molecule has 4 heteroatoms. The first kappa shape index (κ1) is 15.4. The van der Waals surface area contributed by atoms with Gasteiger partial charge < -0.3 is 4.90 Å². The molecule has 114 valence electrons. The van der Waals surface area contributed by atoms with Crippen LogP contribution >= 0.6 is 23.2 Å². The molecule has 2 aromatic carbocycles. The standard InChI is InChI=1S/C18H17Cl2NO/c1-21(12-13-5-3-2-4-6-13)17(22)18(9-10-18)14-7-8-15(19)16(20)11-14/h2-8,11H,9-10,12H2,1H3. The Hall–Kier alpha value is -1.51. The van der Waals surface area contributed by atoms with Crippen LogP contribution in [0, 0.1) is 0 Å². The van der Waals surface area contributed by atoms with Gasteiger partial charge in [0.15, 0.2) is 0 Å². The average Bonchev–Trinajstić information content (AvgIpc) is 3.32. The maximum absolute atomic E-state index is 12.9. The van der Waals surface area contributed by atoms with Crippen LogP contribution in [0.25, 0.3) is 0 Å². The molecule has 0 unspecified atom stereocenters. The molecule has 0 N–H and O–H groups in total. The Morgan fingerprint density at radius 3 is 2.36 bits per heavy atom. The summed E-state index contributed by atoms with van der Waals surface area (Å²) in [5.74, 6) is 0.148. The summed E-state index contributed by atoms with van der Waals surface area (Å²) in [6.07, 6.45) is 1.73. The van der Waals surface area contributed by atoms with Crippen molar-refractivity contribution in [2.45, 2.75) is 24.8 Å². The van der Waals surface area contributed by atoms with Crippen molar-refractivity contribution in [2.24, 2.45) is 0 Å². The Morgan fingerprint density at radius 1 is 1.09 bits per heavy atom. The summed E-state index contributed by atoms with van der Waals surface area (Å²) in [6, 6.07) is 15.5. The minimum Gasteiger partial charge on any atom is -0.341 e. The monoisotopic (exact) mass is 333 g/mol. The summed E-state index contributed by atoms with van der Waals surface area (Å²) in [5, 5.41) is 1.02. The van der Waals surface area contributed by atoms with E-state index in [4.69, 9.17) is 23.2 Å². The van der Waals surface area contributed by atoms with Crippen LogP contribution in [0.2, 0.25) is 10.0 Å². The van der Waals surface area contributed by atoms with E-state index in [1.54, 1.807) is 11.0 Å². The summed E-state index contributed by atoms with van der Waals surface area (Å²) in [7, 11) is 1.85. The summed E-state index contributed by atoms with van der Waals surface area (Å²) < 4.78 is 0. The Morgan fingerprint density at radius 2 is 1.77 bits per heavy atom. The predicted molar refractivity (Wildman–Crippen MR) is 90.3 cm³/mol. The van der Waals surface area contributed by atoms with Gasteiger partial charge in [-0.3, -0.25) is 4.79 Å². The second-order valence-electron chi connectivity index (χ2n) is 5.86. The van der Waals surface area contributed by atoms with Gasteiger partial charge in [-0.2, -0.15) is 0 Å². The number of amides is 1. The van der Waals surface area contributed by atoms with E-state index in [0.717, 1.165) is 24.0 Å². The van der Waals surface area contributed by atoms with Crippen LogP contribution in [0.15, 0.2) is 48.5 Å². The highest BCUT2D eigenvalue weighted by Gasteiger charge is 2.52. The number of rotatable bonds is 4. The predicted octanol–water partition coefficient (Wildman–Crippen LogP) is 4.68. The second kappa shape index (κ2) is 5.94. The fourth-order valence-corrected chi connectivity index (χ4v) is 3.14. The average molecular weight is 334 g/mol. The highest BCUT2D eigenvalue weighted by molar-refractivity contribution is 6.42. The number of benzene rings is 2. The highest BCUT2D eigenvalue weighted by Crippen LogP contribution is 2.50. The smallest absolute Gasteiger partial charge is 0.233 e. The van der Waals surface area contributed by atoms with E-state index in [1.807, 2.05) is 49.5 Å². The lowest BCUT2D eigenvalue weighted by Gasteiger charge is -2.24. The van der Waals surface area contributed by atoms with Gasteiger partial charge in [0.2, 0.25) is 5.91 Å². The topological polar surface area (TPSA) is 20.3 Å². The molecule has 1 fully saturated rings. The fourth-order valence-electron chi connectivity index (χ4n) is 2.84. The van der Waals surface area contributed by atoms with Crippen molar-refractivity contribution in [1.82, 2.24) is 4.90 Å². The first-order valence-corrected chi connectivity index (χ1v) is 8.03. The lowest BCUT2D eigenvalue weighted by Crippen LogP contribution is -2.36. The van der Waals surface area contributed by atoms with E-state index in [0.29, 0.717) is 16.6 Å². The molecule has 0 saturated heterocycles. The van der Waals surface area contributed by atoms with Crippen molar-refractivity contribution in [1.29, 1.82) is 0 Å². The summed E-state index contributed by atoms with van der Waals surface area (Å²) in [4.78, 5) is 14.7. The molecular formula is C18H17Cl2NO. The normalized spacial score (nSPS) is 15.4. The van der Waals surface area contributed by atoms with Gasteiger partial charge in [-0.05, 0) is 36.1 Å². The molecule has 1 aliphatic carbocycles. The van der Waals surface area contributed by atoms with Crippen molar-refractivity contribution in [3.8, 4) is 0 Å². The summed E-state index contributed by atoms with van der Waals surface area (Å²) in [5.41, 5.74) is 1.67. The molecular weight excluding hydrogens is 317 g/mol. The van der Waals surface area contributed by atoms with E-state index >= 15 is 0 Å². The quantitative estimate of drug-likeness (QED) is 0.795. The van der Waals surface area contributed by atoms with Gasteiger partial charge in [-0.1, -0.05) is 59.6 Å². The van der Waals surface area contributed by atoms with Gasteiger partial charge in [-0.25, -0.2) is 0 Å². The van der Waals surface area contributed by atoms with Crippen LogP contribution < -0.4 is 0 Å². The minimum atomic E-state index is -0.419. The van der Waals surface area contributed by atoms with Gasteiger partial charge in [0, 0.05) is 13.6 Å². The number of hydrogen-bond acceptors (Lipinski definition) is 1. The third kappa shape index (κ3) is 2.86.